The minimum atomic E-state index is -1.12. The van der Waals surface area contributed by atoms with Crippen molar-refractivity contribution in [3.8, 4) is 0 Å². The summed E-state index contributed by atoms with van der Waals surface area (Å²) in [5, 5.41) is 17.9. The van der Waals surface area contributed by atoms with Gasteiger partial charge < -0.3 is 14.4 Å². The summed E-state index contributed by atoms with van der Waals surface area (Å²) in [6.07, 6.45) is 1.26. The molecule has 4 N–H and O–H groups in total. The summed E-state index contributed by atoms with van der Waals surface area (Å²) >= 11 is 0. The molecule has 0 radical (unpaired) electrons. The van der Waals surface area contributed by atoms with Gasteiger partial charge in [0.15, 0.2) is 6.10 Å². The van der Waals surface area contributed by atoms with E-state index in [-0.39, 0.29) is 18.6 Å². The van der Waals surface area contributed by atoms with Gasteiger partial charge in [0.2, 0.25) is 0 Å². The molecule has 0 bridgehead atoms. The number of nitrogens with zero attached hydrogens (tertiary/aromatic N) is 2. The highest BCUT2D eigenvalue weighted by atomic mass is 16.6. The van der Waals surface area contributed by atoms with Gasteiger partial charge >= 0.3 is 12.1 Å². The fraction of sp³-hybridized carbons (Fsp3) is 0.233. The summed E-state index contributed by atoms with van der Waals surface area (Å²) in [5.74, 6) is -1.86. The topological polar surface area (TPSA) is 167 Å². The van der Waals surface area contributed by atoms with Gasteiger partial charge in [0.25, 0.3) is 11.8 Å². The number of benzene rings is 2. The molecule has 42 heavy (non-hydrogen) atoms. The monoisotopic (exact) mass is 572 g/mol. The number of hydroxylamine groups is 2. The molecule has 3 atom stereocenters. The third-order valence-corrected chi connectivity index (χ3v) is 7.51. The van der Waals surface area contributed by atoms with Gasteiger partial charge in [0.05, 0.1) is 11.7 Å². The number of nitrogens with one attached hydrogen (secondary N) is 2. The average Bonchev–Trinajstić information content (AvgIpc) is 3.31. The third kappa shape index (κ3) is 5.45. The van der Waals surface area contributed by atoms with Gasteiger partial charge in [-0.2, -0.15) is 0 Å². The Morgan fingerprint density at radius 3 is 2.29 bits per heavy atom. The minimum absolute atomic E-state index is 0.136. The van der Waals surface area contributed by atoms with Crippen LogP contribution in [0, 0.1) is 5.41 Å². The van der Waals surface area contributed by atoms with Crippen LogP contribution < -0.4 is 11.0 Å². The van der Waals surface area contributed by atoms with E-state index in [2.05, 4.69) is 4.98 Å². The quantitative estimate of drug-likeness (QED) is 0.104. The molecule has 1 unspecified atom stereocenters. The molecule has 0 spiro atoms. The number of carbonyl (C=O) groups is 4. The molecule has 5 rings (SSSR count). The number of aromatic nitrogens is 1. The number of fused-ring (bicyclic) bond motifs is 1. The van der Waals surface area contributed by atoms with Crippen LogP contribution in [-0.4, -0.2) is 62.9 Å². The number of hydrogen-bond acceptors (Lipinski definition) is 9. The van der Waals surface area contributed by atoms with Gasteiger partial charge in [-0.25, -0.2) is 20.5 Å². The van der Waals surface area contributed by atoms with Crippen molar-refractivity contribution in [3.05, 3.63) is 107 Å². The van der Waals surface area contributed by atoms with E-state index in [1.54, 1.807) is 12.4 Å². The van der Waals surface area contributed by atoms with E-state index in [9.17, 15) is 19.2 Å². The lowest BCUT2D eigenvalue weighted by Gasteiger charge is -2.41. The molecule has 2 saturated heterocycles. The number of pyridine rings is 1. The fourth-order valence-electron chi connectivity index (χ4n) is 5.53. The highest BCUT2D eigenvalue weighted by Crippen LogP contribution is 2.50. The number of hydrogen-bond donors (Lipinski definition) is 4. The third-order valence-electron chi connectivity index (χ3n) is 7.51. The van der Waals surface area contributed by atoms with Crippen molar-refractivity contribution in [2.75, 3.05) is 6.61 Å². The van der Waals surface area contributed by atoms with Crippen LogP contribution >= 0.6 is 0 Å². The first-order valence-electron chi connectivity index (χ1n) is 13.1. The second-order valence-corrected chi connectivity index (χ2v) is 10.3. The van der Waals surface area contributed by atoms with Gasteiger partial charge in [0.1, 0.15) is 12.6 Å². The van der Waals surface area contributed by atoms with Crippen LogP contribution in [0.1, 0.15) is 46.6 Å². The molecule has 0 saturated carbocycles. The summed E-state index contributed by atoms with van der Waals surface area (Å²) in [7, 11) is 0. The number of carbonyl (C=O) groups excluding carboxylic acids is 4. The Kier molecular flexibility index (Phi) is 8.00. The maximum Gasteiger partial charge on any atom is 0.431 e. The lowest BCUT2D eigenvalue weighted by Crippen LogP contribution is -2.58. The minimum Gasteiger partial charge on any atom is -0.451 e. The summed E-state index contributed by atoms with van der Waals surface area (Å²) in [4.78, 5) is 56.6. The molecule has 2 aliphatic heterocycles. The number of rotatable bonds is 8. The van der Waals surface area contributed by atoms with E-state index >= 15 is 0 Å². The standard InChI is InChI=1S/C30H28N4O8/c1-30(17-41-29(38)33-40)16-23-22(15-21-14-20(12-13-31-21)26(35)32-39)27(36)34(23)25(30)28(37)42-24(18-8-4-2-5-9-18)19-10-6-3-7-11-19/h2-15,23-25,39-40H,16-17H2,1H3,(H,32,35)(H,33,38)/b22-15+/t23?,25-,30-/m0/s1. The Bertz CT molecular complexity index is 1490. The van der Waals surface area contributed by atoms with Crippen LogP contribution in [0.3, 0.4) is 0 Å². The van der Waals surface area contributed by atoms with E-state index in [1.165, 1.54) is 34.8 Å². The van der Waals surface area contributed by atoms with Gasteiger partial charge in [-0.1, -0.05) is 67.6 Å². The first-order valence-corrected chi connectivity index (χ1v) is 13.1. The lowest BCUT2D eigenvalue weighted by atomic mass is 9.81. The zero-order valence-electron chi connectivity index (χ0n) is 22.5. The smallest absolute Gasteiger partial charge is 0.431 e. The molecule has 2 fully saturated rings. The highest BCUT2D eigenvalue weighted by molar-refractivity contribution is 6.08. The van der Waals surface area contributed by atoms with Crippen molar-refractivity contribution in [2.45, 2.75) is 31.5 Å². The van der Waals surface area contributed by atoms with Crippen molar-refractivity contribution in [2.24, 2.45) is 5.41 Å². The van der Waals surface area contributed by atoms with Crippen molar-refractivity contribution in [1.29, 1.82) is 0 Å². The van der Waals surface area contributed by atoms with Gasteiger partial charge in [-0.15, -0.1) is 0 Å². The Labute approximate surface area is 240 Å². The summed E-state index contributed by atoms with van der Waals surface area (Å²) < 4.78 is 11.3. The SMILES string of the molecule is C[C@@]1(COC(=O)NO)CC2/C(=C\c3cc(C(=O)NO)ccn3)C(=O)N2[C@H]1C(=O)OC(c1ccccc1)c1ccccc1. The molecule has 12 nitrogen and oxygen atoms in total. The molecule has 2 aromatic carbocycles. The van der Waals surface area contributed by atoms with Crippen LogP contribution in [0.25, 0.3) is 6.08 Å². The van der Waals surface area contributed by atoms with Gasteiger partial charge in [0, 0.05) is 22.7 Å². The van der Waals surface area contributed by atoms with E-state index in [4.69, 9.17) is 19.9 Å². The molecule has 216 valence electrons. The molecule has 12 heteroatoms. The molecular formula is C30H28N4O8. The van der Waals surface area contributed by atoms with Crippen molar-refractivity contribution < 1.29 is 39.1 Å². The fourth-order valence-corrected chi connectivity index (χ4v) is 5.53. The summed E-state index contributed by atoms with van der Waals surface area (Å²) in [5.41, 5.74) is 4.13. The number of amides is 3. The van der Waals surface area contributed by atoms with E-state index in [0.29, 0.717) is 11.3 Å². The summed E-state index contributed by atoms with van der Waals surface area (Å²) in [6.45, 7) is 1.41. The average molecular weight is 573 g/mol. The Balaban J connectivity index is 1.47. The molecular weight excluding hydrogens is 544 g/mol. The zero-order valence-corrected chi connectivity index (χ0v) is 22.5. The number of β-lactam (4-membered cyclic amide) rings is 1. The molecule has 1 aromatic heterocycles. The molecule has 3 amide bonds. The van der Waals surface area contributed by atoms with Crippen LogP contribution in [0.4, 0.5) is 4.79 Å². The van der Waals surface area contributed by atoms with Crippen molar-refractivity contribution >= 4 is 30.0 Å². The molecule has 2 aliphatic rings. The number of ether oxygens (including phenoxy) is 2. The van der Waals surface area contributed by atoms with E-state index < -0.39 is 47.5 Å². The predicted octanol–water partition coefficient (Wildman–Crippen LogP) is 3.02. The van der Waals surface area contributed by atoms with E-state index in [1.807, 2.05) is 60.7 Å². The number of esters is 1. The maximum absolute atomic E-state index is 14.0. The summed E-state index contributed by atoms with van der Waals surface area (Å²) in [6, 6.07) is 19.5. The van der Waals surface area contributed by atoms with Crippen LogP contribution in [-0.2, 0) is 19.1 Å². The largest absolute Gasteiger partial charge is 0.451 e. The van der Waals surface area contributed by atoms with Gasteiger partial charge in [-0.3, -0.25) is 25.0 Å². The second-order valence-electron chi connectivity index (χ2n) is 10.3. The highest BCUT2D eigenvalue weighted by Gasteiger charge is 2.63. The van der Waals surface area contributed by atoms with Crippen LogP contribution in [0.15, 0.2) is 84.6 Å². The zero-order chi connectivity index (χ0) is 29.9. The predicted molar refractivity (Wildman–Crippen MR) is 146 cm³/mol. The first kappa shape index (κ1) is 28.5. The Morgan fingerprint density at radius 2 is 1.69 bits per heavy atom. The maximum atomic E-state index is 14.0. The molecule has 3 aromatic rings. The normalized spacial score (nSPS) is 21.9. The lowest BCUT2D eigenvalue weighted by molar-refractivity contribution is -0.163. The van der Waals surface area contributed by atoms with Crippen molar-refractivity contribution in [3.63, 3.8) is 0 Å². The van der Waals surface area contributed by atoms with Crippen LogP contribution in [0.5, 0.6) is 0 Å². The second kappa shape index (κ2) is 11.8. The van der Waals surface area contributed by atoms with Crippen LogP contribution in [0.2, 0.25) is 0 Å². The molecule has 3 heterocycles. The van der Waals surface area contributed by atoms with Gasteiger partial charge in [-0.05, 0) is 35.8 Å². The first-order chi connectivity index (χ1) is 20.3. The van der Waals surface area contributed by atoms with Crippen molar-refractivity contribution in [1.82, 2.24) is 20.8 Å². The van der Waals surface area contributed by atoms with E-state index in [0.717, 1.165) is 11.1 Å². The Morgan fingerprint density at radius 1 is 1.05 bits per heavy atom. The molecule has 0 aliphatic carbocycles. The Hall–Kier alpha value is -5.07.